The second-order valence-corrected chi connectivity index (χ2v) is 6.34. The fourth-order valence-electron chi connectivity index (χ4n) is 2.25. The zero-order valence-corrected chi connectivity index (χ0v) is 12.9. The van der Waals surface area contributed by atoms with E-state index in [9.17, 15) is 8.78 Å². The summed E-state index contributed by atoms with van der Waals surface area (Å²) < 4.78 is 27.0. The van der Waals surface area contributed by atoms with Crippen LogP contribution in [0, 0.1) is 11.6 Å². The average molecular weight is 289 g/mol. The van der Waals surface area contributed by atoms with Gasteiger partial charge in [-0.15, -0.1) is 0 Å². The number of anilines is 1. The van der Waals surface area contributed by atoms with E-state index in [0.717, 1.165) is 11.8 Å². The van der Waals surface area contributed by atoms with Crippen LogP contribution in [-0.4, -0.2) is 0 Å². The molecule has 0 amide bonds. The van der Waals surface area contributed by atoms with E-state index in [1.807, 2.05) is 19.1 Å². The summed E-state index contributed by atoms with van der Waals surface area (Å²) in [6.45, 7) is 8.27. The van der Waals surface area contributed by atoms with Crippen LogP contribution in [0.4, 0.5) is 14.5 Å². The number of benzene rings is 2. The molecule has 0 radical (unpaired) electrons. The van der Waals surface area contributed by atoms with Crippen molar-refractivity contribution in [3.63, 3.8) is 0 Å². The van der Waals surface area contributed by atoms with Crippen molar-refractivity contribution in [2.24, 2.45) is 0 Å². The van der Waals surface area contributed by atoms with E-state index in [1.54, 1.807) is 6.07 Å². The first-order valence-electron chi connectivity index (χ1n) is 7.10. The van der Waals surface area contributed by atoms with Crippen LogP contribution in [0.5, 0.6) is 0 Å². The topological polar surface area (TPSA) is 12.0 Å². The molecule has 0 bridgehead atoms. The molecule has 0 spiro atoms. The Kier molecular flexibility index (Phi) is 4.31. The minimum Gasteiger partial charge on any atom is -0.378 e. The summed E-state index contributed by atoms with van der Waals surface area (Å²) in [4.78, 5) is 0. The van der Waals surface area contributed by atoms with Crippen molar-refractivity contribution in [2.45, 2.75) is 39.2 Å². The van der Waals surface area contributed by atoms with Crippen LogP contribution >= 0.6 is 0 Å². The van der Waals surface area contributed by atoms with Crippen molar-refractivity contribution in [1.29, 1.82) is 0 Å². The molecule has 1 atom stereocenters. The quantitative estimate of drug-likeness (QED) is 0.793. The Bertz CT molecular complexity index is 612. The molecule has 0 saturated heterocycles. The Hall–Kier alpha value is -1.90. The van der Waals surface area contributed by atoms with Crippen LogP contribution in [0.1, 0.15) is 44.9 Å². The molecular formula is C18H21F2N. The molecule has 1 nitrogen and oxygen atoms in total. The first-order chi connectivity index (χ1) is 9.79. The van der Waals surface area contributed by atoms with E-state index < -0.39 is 11.6 Å². The van der Waals surface area contributed by atoms with E-state index >= 15 is 0 Å². The Morgan fingerprint density at radius 1 is 0.952 bits per heavy atom. The Labute approximate surface area is 125 Å². The van der Waals surface area contributed by atoms with Gasteiger partial charge in [-0.1, -0.05) is 45.0 Å². The Morgan fingerprint density at radius 2 is 1.57 bits per heavy atom. The fourth-order valence-corrected chi connectivity index (χ4v) is 2.25. The maximum absolute atomic E-state index is 13.8. The lowest BCUT2D eigenvalue weighted by molar-refractivity contribution is 0.494. The molecule has 0 fully saturated rings. The normalized spacial score (nSPS) is 13.0. The predicted molar refractivity (Wildman–Crippen MR) is 83.5 cm³/mol. The molecule has 2 rings (SSSR count). The molecule has 2 aromatic rings. The SMILES string of the molecule is CC(Nc1ccc(C(C)(C)C)cc1)c1cccc(F)c1F. The maximum Gasteiger partial charge on any atom is 0.164 e. The smallest absolute Gasteiger partial charge is 0.164 e. The lowest BCUT2D eigenvalue weighted by atomic mass is 9.87. The van der Waals surface area contributed by atoms with Crippen molar-refractivity contribution in [3.8, 4) is 0 Å². The van der Waals surface area contributed by atoms with Crippen LogP contribution < -0.4 is 5.32 Å². The highest BCUT2D eigenvalue weighted by Crippen LogP contribution is 2.26. The molecule has 0 heterocycles. The zero-order chi connectivity index (χ0) is 15.6. The van der Waals surface area contributed by atoms with Crippen molar-refractivity contribution >= 4 is 5.69 Å². The monoisotopic (exact) mass is 289 g/mol. The van der Waals surface area contributed by atoms with Gasteiger partial charge in [0.15, 0.2) is 11.6 Å². The summed E-state index contributed by atoms with van der Waals surface area (Å²) in [7, 11) is 0. The zero-order valence-electron chi connectivity index (χ0n) is 12.9. The Morgan fingerprint density at radius 3 is 2.14 bits per heavy atom. The summed E-state index contributed by atoms with van der Waals surface area (Å²) in [5, 5.41) is 3.20. The highest BCUT2D eigenvalue weighted by Gasteiger charge is 2.15. The lowest BCUT2D eigenvalue weighted by Crippen LogP contribution is -2.12. The van der Waals surface area contributed by atoms with Crippen LogP contribution in [0.25, 0.3) is 0 Å². The minimum absolute atomic E-state index is 0.0960. The standard InChI is InChI=1S/C18H21F2N/c1-12(15-6-5-7-16(19)17(15)20)21-14-10-8-13(9-11-14)18(2,3)4/h5-12,21H,1-4H3. The molecular weight excluding hydrogens is 268 g/mol. The van der Waals surface area contributed by atoms with Gasteiger partial charge in [0.05, 0.1) is 6.04 Å². The lowest BCUT2D eigenvalue weighted by Gasteiger charge is -2.21. The summed E-state index contributed by atoms with van der Waals surface area (Å²) in [6.07, 6.45) is 0. The third-order valence-corrected chi connectivity index (χ3v) is 3.58. The fraction of sp³-hybridized carbons (Fsp3) is 0.333. The van der Waals surface area contributed by atoms with Crippen LogP contribution in [-0.2, 0) is 5.41 Å². The van der Waals surface area contributed by atoms with Crippen LogP contribution in [0.3, 0.4) is 0 Å². The molecule has 0 aliphatic heterocycles. The molecule has 3 heteroatoms. The second-order valence-electron chi connectivity index (χ2n) is 6.34. The number of halogens is 2. The van der Waals surface area contributed by atoms with Crippen molar-refractivity contribution in [1.82, 2.24) is 0 Å². The molecule has 0 aromatic heterocycles. The highest BCUT2D eigenvalue weighted by molar-refractivity contribution is 5.47. The molecule has 0 saturated carbocycles. The van der Waals surface area contributed by atoms with E-state index in [2.05, 4.69) is 38.2 Å². The summed E-state index contributed by atoms with van der Waals surface area (Å²) >= 11 is 0. The number of hydrogen-bond acceptors (Lipinski definition) is 1. The molecule has 0 aliphatic rings. The summed E-state index contributed by atoms with van der Waals surface area (Å²) in [5.41, 5.74) is 2.55. The molecule has 0 aliphatic carbocycles. The van der Waals surface area contributed by atoms with Gasteiger partial charge in [-0.05, 0) is 36.1 Å². The third kappa shape index (κ3) is 3.60. The van der Waals surface area contributed by atoms with E-state index in [-0.39, 0.29) is 11.5 Å². The van der Waals surface area contributed by atoms with Gasteiger partial charge < -0.3 is 5.32 Å². The van der Waals surface area contributed by atoms with Crippen LogP contribution in [0.15, 0.2) is 42.5 Å². The van der Waals surface area contributed by atoms with Gasteiger partial charge in [0.25, 0.3) is 0 Å². The number of hydrogen-bond donors (Lipinski definition) is 1. The van der Waals surface area contributed by atoms with Crippen molar-refractivity contribution < 1.29 is 8.78 Å². The Balaban J connectivity index is 2.16. The van der Waals surface area contributed by atoms with Crippen molar-refractivity contribution in [3.05, 3.63) is 65.2 Å². The van der Waals surface area contributed by atoms with E-state index in [1.165, 1.54) is 11.6 Å². The average Bonchev–Trinajstić information content (AvgIpc) is 2.41. The van der Waals surface area contributed by atoms with E-state index in [4.69, 9.17) is 0 Å². The molecule has 2 aromatic carbocycles. The molecule has 112 valence electrons. The number of nitrogens with one attached hydrogen (secondary N) is 1. The molecule has 1 unspecified atom stereocenters. The first kappa shape index (κ1) is 15.5. The van der Waals surface area contributed by atoms with Crippen molar-refractivity contribution in [2.75, 3.05) is 5.32 Å². The molecule has 21 heavy (non-hydrogen) atoms. The van der Waals surface area contributed by atoms with Gasteiger partial charge in [0, 0.05) is 11.3 Å². The van der Waals surface area contributed by atoms with E-state index in [0.29, 0.717) is 5.56 Å². The van der Waals surface area contributed by atoms with Gasteiger partial charge in [-0.25, -0.2) is 8.78 Å². The van der Waals surface area contributed by atoms with Gasteiger partial charge in [0.1, 0.15) is 0 Å². The highest BCUT2D eigenvalue weighted by atomic mass is 19.2. The van der Waals surface area contributed by atoms with Gasteiger partial charge in [-0.2, -0.15) is 0 Å². The van der Waals surface area contributed by atoms with Gasteiger partial charge in [0.2, 0.25) is 0 Å². The van der Waals surface area contributed by atoms with Gasteiger partial charge >= 0.3 is 0 Å². The second kappa shape index (κ2) is 5.84. The number of rotatable bonds is 3. The summed E-state index contributed by atoms with van der Waals surface area (Å²) in [6, 6.07) is 12.0. The summed E-state index contributed by atoms with van der Waals surface area (Å²) in [5.74, 6) is -1.60. The predicted octanol–water partition coefficient (Wildman–Crippen LogP) is 5.44. The first-order valence-corrected chi connectivity index (χ1v) is 7.10. The van der Waals surface area contributed by atoms with Gasteiger partial charge in [-0.3, -0.25) is 0 Å². The molecule has 1 N–H and O–H groups in total. The largest absolute Gasteiger partial charge is 0.378 e. The minimum atomic E-state index is -0.816. The maximum atomic E-state index is 13.8. The van der Waals surface area contributed by atoms with Crippen LogP contribution in [0.2, 0.25) is 0 Å². The third-order valence-electron chi connectivity index (χ3n) is 3.58.